The van der Waals surface area contributed by atoms with Crippen LogP contribution in [0, 0.1) is 6.92 Å². The van der Waals surface area contributed by atoms with E-state index in [-0.39, 0.29) is 11.9 Å². The van der Waals surface area contributed by atoms with Crippen LogP contribution in [0.1, 0.15) is 17.5 Å². The first kappa shape index (κ1) is 11.9. The number of hydrogen-bond donors (Lipinski definition) is 1. The summed E-state index contributed by atoms with van der Waals surface area (Å²) in [6, 6.07) is 8.22. The van der Waals surface area contributed by atoms with E-state index in [2.05, 4.69) is 6.07 Å². The van der Waals surface area contributed by atoms with Crippen molar-refractivity contribution in [2.45, 2.75) is 19.4 Å². The lowest BCUT2D eigenvalue weighted by Crippen LogP contribution is -2.30. The van der Waals surface area contributed by atoms with Gasteiger partial charge in [-0.05, 0) is 25.0 Å². The number of nitrogens with zero attached hydrogens (tertiary/aromatic N) is 1. The van der Waals surface area contributed by atoms with Crippen molar-refractivity contribution in [3.8, 4) is 0 Å². The first-order chi connectivity index (χ1) is 8.15. The standard InChI is InChI=1S/C14H18N2O/c1-11-3-2-4-12(9-11)5-6-14(17)16-8-7-13(15)10-16/h2-6,9,13H,7-8,10,15H2,1H3/b6-5+. The van der Waals surface area contributed by atoms with E-state index < -0.39 is 0 Å². The van der Waals surface area contributed by atoms with Gasteiger partial charge in [-0.15, -0.1) is 0 Å². The molecule has 1 heterocycles. The van der Waals surface area contributed by atoms with Gasteiger partial charge in [-0.25, -0.2) is 0 Å². The monoisotopic (exact) mass is 230 g/mol. The Kier molecular flexibility index (Phi) is 3.59. The molecule has 1 atom stereocenters. The molecule has 2 N–H and O–H groups in total. The van der Waals surface area contributed by atoms with E-state index in [1.54, 1.807) is 11.0 Å². The Hall–Kier alpha value is -1.61. The van der Waals surface area contributed by atoms with Crippen molar-refractivity contribution in [3.05, 3.63) is 41.5 Å². The zero-order chi connectivity index (χ0) is 12.3. The number of hydrogen-bond acceptors (Lipinski definition) is 2. The fourth-order valence-corrected chi connectivity index (χ4v) is 2.03. The minimum atomic E-state index is 0.0551. The third-order valence-corrected chi connectivity index (χ3v) is 3.00. The topological polar surface area (TPSA) is 46.3 Å². The van der Waals surface area contributed by atoms with Gasteiger partial charge in [-0.3, -0.25) is 4.79 Å². The molecule has 1 aromatic carbocycles. The van der Waals surface area contributed by atoms with Gasteiger partial charge in [-0.2, -0.15) is 0 Å². The third kappa shape index (κ3) is 3.17. The molecule has 1 aromatic rings. The second-order valence-corrected chi connectivity index (χ2v) is 4.58. The number of likely N-dealkylation sites (tertiary alicyclic amines) is 1. The molecule has 3 nitrogen and oxygen atoms in total. The molecule has 0 radical (unpaired) electrons. The Balaban J connectivity index is 1.98. The van der Waals surface area contributed by atoms with Crippen molar-refractivity contribution in [1.82, 2.24) is 4.90 Å². The lowest BCUT2D eigenvalue weighted by molar-refractivity contribution is -0.124. The van der Waals surface area contributed by atoms with Gasteiger partial charge in [-0.1, -0.05) is 29.8 Å². The van der Waals surface area contributed by atoms with Crippen molar-refractivity contribution in [2.24, 2.45) is 5.73 Å². The number of nitrogens with two attached hydrogens (primary N) is 1. The fourth-order valence-electron chi connectivity index (χ4n) is 2.03. The van der Waals surface area contributed by atoms with Crippen LogP contribution in [0.4, 0.5) is 0 Å². The quantitative estimate of drug-likeness (QED) is 0.784. The van der Waals surface area contributed by atoms with Crippen LogP contribution in [0.2, 0.25) is 0 Å². The maximum Gasteiger partial charge on any atom is 0.246 e. The van der Waals surface area contributed by atoms with Crippen LogP contribution >= 0.6 is 0 Å². The van der Waals surface area contributed by atoms with Gasteiger partial charge in [0.25, 0.3) is 0 Å². The van der Waals surface area contributed by atoms with E-state index in [1.165, 1.54) is 5.56 Å². The van der Waals surface area contributed by atoms with E-state index in [0.717, 1.165) is 18.5 Å². The van der Waals surface area contributed by atoms with Gasteiger partial charge in [0, 0.05) is 25.2 Å². The molecule has 1 unspecified atom stereocenters. The second-order valence-electron chi connectivity index (χ2n) is 4.58. The molecule has 0 spiro atoms. The summed E-state index contributed by atoms with van der Waals surface area (Å²) in [6.07, 6.45) is 4.40. The van der Waals surface area contributed by atoms with E-state index in [0.29, 0.717) is 6.54 Å². The number of amides is 1. The molecule has 1 aliphatic rings. The predicted molar refractivity (Wildman–Crippen MR) is 69.4 cm³/mol. The van der Waals surface area contributed by atoms with Crippen molar-refractivity contribution < 1.29 is 4.79 Å². The van der Waals surface area contributed by atoms with Gasteiger partial charge < -0.3 is 10.6 Å². The summed E-state index contributed by atoms with van der Waals surface area (Å²) in [5, 5.41) is 0. The first-order valence-corrected chi connectivity index (χ1v) is 5.94. The smallest absolute Gasteiger partial charge is 0.246 e. The Morgan fingerprint density at radius 2 is 2.35 bits per heavy atom. The molecule has 0 saturated carbocycles. The summed E-state index contributed by atoms with van der Waals surface area (Å²) in [4.78, 5) is 13.6. The van der Waals surface area contributed by atoms with Gasteiger partial charge in [0.2, 0.25) is 5.91 Å². The summed E-state index contributed by atoms with van der Waals surface area (Å²) in [7, 11) is 0. The Morgan fingerprint density at radius 1 is 1.53 bits per heavy atom. The fraction of sp³-hybridized carbons (Fsp3) is 0.357. The van der Waals surface area contributed by atoms with Crippen LogP contribution in [0.25, 0.3) is 6.08 Å². The van der Waals surface area contributed by atoms with Crippen molar-refractivity contribution in [3.63, 3.8) is 0 Å². The third-order valence-electron chi connectivity index (χ3n) is 3.00. The zero-order valence-electron chi connectivity index (χ0n) is 10.1. The first-order valence-electron chi connectivity index (χ1n) is 5.94. The van der Waals surface area contributed by atoms with Gasteiger partial charge in [0.1, 0.15) is 0 Å². The minimum Gasteiger partial charge on any atom is -0.338 e. The van der Waals surface area contributed by atoms with Gasteiger partial charge >= 0.3 is 0 Å². The number of aryl methyl sites for hydroxylation is 1. The van der Waals surface area contributed by atoms with E-state index >= 15 is 0 Å². The van der Waals surface area contributed by atoms with Crippen LogP contribution in [-0.2, 0) is 4.79 Å². The molecule has 90 valence electrons. The molecular weight excluding hydrogens is 212 g/mol. The number of rotatable bonds is 2. The second kappa shape index (κ2) is 5.15. The van der Waals surface area contributed by atoms with Crippen molar-refractivity contribution in [1.29, 1.82) is 0 Å². The summed E-state index contributed by atoms with van der Waals surface area (Å²) in [6.45, 7) is 3.49. The number of carbonyl (C=O) groups is 1. The predicted octanol–water partition coefficient (Wildman–Crippen LogP) is 1.57. The maximum atomic E-state index is 11.8. The maximum absolute atomic E-state index is 11.8. The van der Waals surface area contributed by atoms with Gasteiger partial charge in [0.05, 0.1) is 0 Å². The molecule has 17 heavy (non-hydrogen) atoms. The Labute approximate surface area is 102 Å². The lowest BCUT2D eigenvalue weighted by atomic mass is 10.1. The van der Waals surface area contributed by atoms with E-state index in [4.69, 9.17) is 5.73 Å². The molecule has 0 aromatic heterocycles. The van der Waals surface area contributed by atoms with Crippen LogP contribution in [-0.4, -0.2) is 29.9 Å². The highest BCUT2D eigenvalue weighted by Gasteiger charge is 2.21. The largest absolute Gasteiger partial charge is 0.338 e. The highest BCUT2D eigenvalue weighted by atomic mass is 16.2. The summed E-state index contributed by atoms with van der Waals surface area (Å²) >= 11 is 0. The molecule has 0 aliphatic carbocycles. The average Bonchev–Trinajstić information content (AvgIpc) is 2.73. The van der Waals surface area contributed by atoms with Crippen LogP contribution in [0.15, 0.2) is 30.3 Å². The Bertz CT molecular complexity index is 440. The average molecular weight is 230 g/mol. The zero-order valence-corrected chi connectivity index (χ0v) is 10.1. The highest BCUT2D eigenvalue weighted by molar-refractivity contribution is 5.92. The van der Waals surface area contributed by atoms with Gasteiger partial charge in [0.15, 0.2) is 0 Å². The molecule has 1 fully saturated rings. The van der Waals surface area contributed by atoms with Crippen molar-refractivity contribution in [2.75, 3.05) is 13.1 Å². The molecule has 1 saturated heterocycles. The highest BCUT2D eigenvalue weighted by Crippen LogP contribution is 2.09. The van der Waals surface area contributed by atoms with Crippen LogP contribution in [0.5, 0.6) is 0 Å². The number of carbonyl (C=O) groups excluding carboxylic acids is 1. The summed E-state index contributed by atoms with van der Waals surface area (Å²) in [5.41, 5.74) is 8.03. The SMILES string of the molecule is Cc1cccc(/C=C/C(=O)N2CCC(N)C2)c1. The molecular formula is C14H18N2O. The minimum absolute atomic E-state index is 0.0551. The van der Waals surface area contributed by atoms with Crippen molar-refractivity contribution >= 4 is 12.0 Å². The van der Waals surface area contributed by atoms with E-state index in [1.807, 2.05) is 31.2 Å². The normalized spacial score (nSPS) is 20.1. The number of benzene rings is 1. The molecule has 1 aliphatic heterocycles. The van der Waals surface area contributed by atoms with E-state index in [9.17, 15) is 4.79 Å². The molecule has 3 heteroatoms. The Morgan fingerprint density at radius 3 is 3.00 bits per heavy atom. The molecule has 2 rings (SSSR count). The summed E-state index contributed by atoms with van der Waals surface area (Å²) < 4.78 is 0. The van der Waals surface area contributed by atoms with Crippen LogP contribution in [0.3, 0.4) is 0 Å². The molecule has 0 bridgehead atoms. The molecule has 1 amide bonds. The lowest BCUT2D eigenvalue weighted by Gasteiger charge is -2.12. The van der Waals surface area contributed by atoms with Crippen LogP contribution < -0.4 is 5.73 Å². The summed E-state index contributed by atoms with van der Waals surface area (Å²) in [5.74, 6) is 0.0551.